The van der Waals surface area contributed by atoms with Crippen LogP contribution in [0.3, 0.4) is 0 Å². The van der Waals surface area contributed by atoms with Crippen molar-refractivity contribution in [1.82, 2.24) is 0 Å². The number of aliphatic hydroxyl groups excluding tert-OH is 9. The molecule has 6 rings (SSSR count). The Balaban J connectivity index is 1.41. The van der Waals surface area contributed by atoms with Gasteiger partial charge in [0.25, 0.3) is 0 Å². The molecular formula is C33H40O19. The third-order valence-corrected chi connectivity index (χ3v) is 9.25. The zero-order valence-corrected chi connectivity index (χ0v) is 27.5. The molecule has 1 aromatic heterocycles. The first-order valence-electron chi connectivity index (χ1n) is 16.2. The van der Waals surface area contributed by atoms with Gasteiger partial charge in [-0.25, -0.2) is 0 Å². The Kier molecular flexibility index (Phi) is 11.0. The molecule has 15 atom stereocenters. The summed E-state index contributed by atoms with van der Waals surface area (Å²) in [6.45, 7) is 1.97. The molecule has 3 fully saturated rings. The maximum absolute atomic E-state index is 14.2. The lowest BCUT2D eigenvalue weighted by Gasteiger charge is -2.45. The minimum Gasteiger partial charge on any atom is -0.508 e. The zero-order valence-electron chi connectivity index (χ0n) is 27.5. The van der Waals surface area contributed by atoms with Gasteiger partial charge in [-0.2, -0.15) is 0 Å². The van der Waals surface area contributed by atoms with Crippen molar-refractivity contribution in [1.29, 1.82) is 0 Å². The molecular weight excluding hydrogens is 700 g/mol. The van der Waals surface area contributed by atoms with Crippen LogP contribution < -0.4 is 14.9 Å². The average molecular weight is 741 g/mol. The molecule has 19 heteroatoms. The second-order valence-electron chi connectivity index (χ2n) is 12.9. The van der Waals surface area contributed by atoms with Crippen LogP contribution in [-0.2, 0) is 18.9 Å². The molecule has 0 unspecified atom stereocenters. The van der Waals surface area contributed by atoms with E-state index in [0.717, 1.165) is 12.1 Å². The smallest absolute Gasteiger partial charge is 0.239 e. The van der Waals surface area contributed by atoms with Crippen molar-refractivity contribution in [3.8, 4) is 34.3 Å². The van der Waals surface area contributed by atoms with E-state index < -0.39 is 121 Å². The average Bonchev–Trinajstić information content (AvgIpc) is 3.11. The Bertz CT molecular complexity index is 1770. The van der Waals surface area contributed by atoms with Crippen molar-refractivity contribution in [2.24, 2.45) is 0 Å². The van der Waals surface area contributed by atoms with Crippen molar-refractivity contribution in [2.75, 3.05) is 6.61 Å². The number of aromatic hydroxyl groups is 2. The van der Waals surface area contributed by atoms with Crippen LogP contribution in [0, 0.1) is 0 Å². The molecule has 3 saturated heterocycles. The van der Waals surface area contributed by atoms with Crippen molar-refractivity contribution < 1.29 is 89.0 Å². The number of phenolic OH excluding ortho intramolecular Hbond substituents is 2. The lowest BCUT2D eigenvalue weighted by molar-refractivity contribution is -0.354. The summed E-state index contributed by atoms with van der Waals surface area (Å²) in [6, 6.07) is 7.36. The zero-order chi connectivity index (χ0) is 37.8. The number of hydrogen-bond donors (Lipinski definition) is 11. The number of phenols is 2. The molecule has 3 aliphatic heterocycles. The lowest BCUT2D eigenvalue weighted by atomic mass is 9.97. The molecule has 0 radical (unpaired) electrons. The molecule has 52 heavy (non-hydrogen) atoms. The molecule has 0 aliphatic carbocycles. The molecule has 0 spiro atoms. The molecule has 3 aliphatic rings. The molecule has 2 aromatic carbocycles. The monoisotopic (exact) mass is 740 g/mol. The highest BCUT2D eigenvalue weighted by Crippen LogP contribution is 2.39. The Labute approximate surface area is 293 Å². The van der Waals surface area contributed by atoms with Gasteiger partial charge >= 0.3 is 0 Å². The largest absolute Gasteiger partial charge is 0.508 e. The van der Waals surface area contributed by atoms with Crippen molar-refractivity contribution in [3.05, 3.63) is 46.6 Å². The molecule has 4 heterocycles. The van der Waals surface area contributed by atoms with E-state index in [-0.39, 0.29) is 28.4 Å². The fraction of sp³-hybridized carbons (Fsp3) is 0.545. The molecule has 19 nitrogen and oxygen atoms in total. The van der Waals surface area contributed by atoms with Crippen molar-refractivity contribution in [2.45, 2.75) is 106 Å². The van der Waals surface area contributed by atoms with Crippen LogP contribution >= 0.6 is 0 Å². The van der Waals surface area contributed by atoms with Gasteiger partial charge in [-0.05, 0) is 38.1 Å². The number of rotatable bonds is 8. The molecule has 0 saturated carbocycles. The van der Waals surface area contributed by atoms with Gasteiger partial charge in [-0.15, -0.1) is 0 Å². The summed E-state index contributed by atoms with van der Waals surface area (Å²) in [5.74, 6) is -2.07. The van der Waals surface area contributed by atoms with Gasteiger partial charge in [-0.3, -0.25) is 4.79 Å². The van der Waals surface area contributed by atoms with Crippen LogP contribution in [-0.4, -0.2) is 155 Å². The van der Waals surface area contributed by atoms with Crippen LogP contribution in [0.15, 0.2) is 45.6 Å². The van der Waals surface area contributed by atoms with Gasteiger partial charge in [0.15, 0.2) is 18.2 Å². The Hall–Kier alpha value is -3.67. The summed E-state index contributed by atoms with van der Waals surface area (Å²) in [5.41, 5.74) is -1.20. The van der Waals surface area contributed by atoms with Gasteiger partial charge in [0.1, 0.15) is 83.2 Å². The van der Waals surface area contributed by atoms with E-state index in [1.807, 2.05) is 0 Å². The predicted octanol–water partition coefficient (Wildman–Crippen LogP) is -2.89. The van der Waals surface area contributed by atoms with E-state index in [4.69, 9.17) is 32.8 Å². The van der Waals surface area contributed by atoms with Gasteiger partial charge in [0.2, 0.25) is 23.8 Å². The fourth-order valence-electron chi connectivity index (χ4n) is 6.17. The topological polar surface area (TPSA) is 308 Å². The SMILES string of the molecule is C[C@@H]1O[C@H](O[C@@H]2[C@@H](Oc3c(-c4ccc(O)cc4)oc4cc(O[C@@H]5O[C@H](C)[C@@H](O)[C@H](O)[C@@H]5O)cc(O)c4c3=O)O[C@@H](CO)[C@H](O)[C@H]2O)[C@H](O)[C@H](O)[C@H]1O. The number of fused-ring (bicyclic) bond motifs is 1. The third kappa shape index (κ3) is 7.03. The van der Waals surface area contributed by atoms with E-state index in [0.29, 0.717) is 0 Å². The van der Waals surface area contributed by atoms with E-state index in [1.54, 1.807) is 0 Å². The number of ether oxygens (including phenoxy) is 6. The number of hydrogen-bond acceptors (Lipinski definition) is 19. The van der Waals surface area contributed by atoms with Crippen LogP contribution in [0.1, 0.15) is 13.8 Å². The summed E-state index contributed by atoms with van der Waals surface area (Å²) < 4.78 is 40.1. The minimum absolute atomic E-state index is 0.124. The summed E-state index contributed by atoms with van der Waals surface area (Å²) in [7, 11) is 0. The van der Waals surface area contributed by atoms with Crippen LogP contribution in [0.5, 0.6) is 23.0 Å². The quantitative estimate of drug-likeness (QED) is 0.110. The summed E-state index contributed by atoms with van der Waals surface area (Å²) in [6.07, 6.45) is -24.1. The third-order valence-electron chi connectivity index (χ3n) is 9.25. The van der Waals surface area contributed by atoms with Gasteiger partial charge in [-0.1, -0.05) is 0 Å². The summed E-state index contributed by atoms with van der Waals surface area (Å²) >= 11 is 0. The first-order valence-corrected chi connectivity index (χ1v) is 16.2. The van der Waals surface area contributed by atoms with Gasteiger partial charge < -0.3 is 89.0 Å². The Morgan fingerprint density at radius 3 is 1.88 bits per heavy atom. The Morgan fingerprint density at radius 2 is 1.27 bits per heavy atom. The second-order valence-corrected chi connectivity index (χ2v) is 12.9. The number of benzene rings is 2. The fourth-order valence-corrected chi connectivity index (χ4v) is 6.17. The van der Waals surface area contributed by atoms with Gasteiger partial charge in [0, 0.05) is 17.7 Å². The van der Waals surface area contributed by atoms with Gasteiger partial charge in [0.05, 0.1) is 18.8 Å². The molecule has 0 amide bonds. The predicted molar refractivity (Wildman–Crippen MR) is 170 cm³/mol. The standard InChI is InChI=1S/C33H40O19/c1-10-19(37)23(41)26(44)31(46-10)48-14-7-15(36)18-16(8-14)49-28(12-3-5-13(35)6-4-12)29(22(18)40)51-33-30(25(43)21(39)17(9-34)50-33)52-32-27(45)24(42)20(38)11(2)47-32/h3-8,10-11,17,19-21,23-27,30-39,41-45H,9H2,1-2H3/t10-,11+,17+,19-,20+,21+,23+,24-,25-,26+,27-,30+,31+,32-,33-/m1/s1. The highest BCUT2D eigenvalue weighted by Gasteiger charge is 2.51. The van der Waals surface area contributed by atoms with E-state index >= 15 is 0 Å². The maximum atomic E-state index is 14.2. The van der Waals surface area contributed by atoms with Crippen LogP contribution in [0.2, 0.25) is 0 Å². The first-order chi connectivity index (χ1) is 24.6. The number of aliphatic hydroxyl groups is 9. The van der Waals surface area contributed by atoms with Crippen LogP contribution in [0.25, 0.3) is 22.3 Å². The Morgan fingerprint density at radius 1 is 0.673 bits per heavy atom. The highest BCUT2D eigenvalue weighted by molar-refractivity contribution is 5.88. The van der Waals surface area contributed by atoms with Crippen molar-refractivity contribution in [3.63, 3.8) is 0 Å². The molecule has 0 bridgehead atoms. The maximum Gasteiger partial charge on any atom is 0.239 e. The first kappa shape index (κ1) is 38.1. The van der Waals surface area contributed by atoms with E-state index in [1.165, 1.54) is 38.1 Å². The minimum atomic E-state index is -1.93. The molecule has 3 aromatic rings. The normalized spacial score (nSPS) is 38.2. The van der Waals surface area contributed by atoms with Crippen molar-refractivity contribution >= 4 is 11.0 Å². The van der Waals surface area contributed by atoms with Crippen LogP contribution in [0.4, 0.5) is 0 Å². The summed E-state index contributed by atoms with van der Waals surface area (Å²) in [5, 5.41) is 114. The summed E-state index contributed by atoms with van der Waals surface area (Å²) in [4.78, 5) is 14.2. The lowest BCUT2D eigenvalue weighted by Crippen LogP contribution is -2.64. The van der Waals surface area contributed by atoms with E-state index in [2.05, 4.69) is 0 Å². The highest BCUT2D eigenvalue weighted by atomic mass is 16.8. The molecule has 286 valence electrons. The molecule has 11 N–H and O–H groups in total. The second kappa shape index (κ2) is 15.0. The van der Waals surface area contributed by atoms with E-state index in [9.17, 15) is 61.0 Å².